The van der Waals surface area contributed by atoms with Gasteiger partial charge in [-0.1, -0.05) is 153 Å². The van der Waals surface area contributed by atoms with Crippen LogP contribution in [0.5, 0.6) is 0 Å². The second-order valence-electron chi connectivity index (χ2n) is 14.6. The number of aryl methyl sites for hydroxylation is 1. The van der Waals surface area contributed by atoms with E-state index in [4.69, 9.17) is 9.97 Å². The first-order valence-electron chi connectivity index (χ1n) is 20.8. The number of nitrogens with zero attached hydrogens (tertiary/aromatic N) is 4. The fraction of sp³-hybridized carbons (Fsp3) is 0.0714. The minimum absolute atomic E-state index is 0.847. The van der Waals surface area contributed by atoms with Crippen LogP contribution in [0.25, 0.3) is 66.4 Å². The lowest BCUT2D eigenvalue weighted by atomic mass is 9.96. The lowest BCUT2D eigenvalue weighted by molar-refractivity contribution is 1.10. The Bertz CT molecular complexity index is 3110. The molecule has 0 aliphatic rings. The van der Waals surface area contributed by atoms with Crippen LogP contribution in [-0.2, 0) is 0 Å². The lowest BCUT2D eigenvalue weighted by Gasteiger charge is -2.26. The second kappa shape index (κ2) is 16.7. The third-order valence-electron chi connectivity index (χ3n) is 11.1. The number of para-hydroxylation sites is 3. The van der Waals surface area contributed by atoms with Crippen LogP contribution in [0.1, 0.15) is 37.7 Å². The van der Waals surface area contributed by atoms with Gasteiger partial charge in [0, 0.05) is 50.2 Å². The Morgan fingerprint density at radius 2 is 1.05 bits per heavy atom. The van der Waals surface area contributed by atoms with Gasteiger partial charge in [-0.2, -0.15) is 0 Å². The Hall–Kier alpha value is -7.56. The van der Waals surface area contributed by atoms with Gasteiger partial charge >= 0.3 is 0 Å². The molecule has 0 N–H and O–H groups in total. The van der Waals surface area contributed by atoms with Gasteiger partial charge in [-0.15, -0.1) is 0 Å². The maximum Gasteiger partial charge on any atom is 0.0973 e. The van der Waals surface area contributed by atoms with Crippen molar-refractivity contribution in [3.05, 3.63) is 223 Å². The Kier molecular flexibility index (Phi) is 10.6. The summed E-state index contributed by atoms with van der Waals surface area (Å²) in [6.45, 7) is 8.15. The van der Waals surface area contributed by atoms with Crippen LogP contribution in [0.2, 0.25) is 0 Å². The molecule has 4 nitrogen and oxygen atoms in total. The molecular formula is C56H46N4. The van der Waals surface area contributed by atoms with E-state index in [1.165, 1.54) is 32.6 Å². The molecule has 0 saturated carbocycles. The van der Waals surface area contributed by atoms with Crippen molar-refractivity contribution < 1.29 is 0 Å². The molecular weight excluding hydrogens is 729 g/mol. The molecule has 0 spiro atoms. The van der Waals surface area contributed by atoms with E-state index in [9.17, 15) is 0 Å². The highest BCUT2D eigenvalue weighted by Crippen LogP contribution is 2.41. The molecule has 0 saturated heterocycles. The molecule has 10 rings (SSSR count). The van der Waals surface area contributed by atoms with Gasteiger partial charge in [0.1, 0.15) is 0 Å². The average molecular weight is 775 g/mol. The van der Waals surface area contributed by atoms with Crippen LogP contribution in [0.4, 0.5) is 17.1 Å². The van der Waals surface area contributed by atoms with E-state index >= 15 is 0 Å². The van der Waals surface area contributed by atoms with Crippen molar-refractivity contribution in [3.8, 4) is 28.2 Å². The lowest BCUT2D eigenvalue weighted by Crippen LogP contribution is -2.10. The van der Waals surface area contributed by atoms with Gasteiger partial charge in [0.05, 0.1) is 33.8 Å². The minimum Gasteiger partial charge on any atom is -0.310 e. The molecule has 0 fully saturated rings. The molecule has 0 aliphatic carbocycles. The van der Waals surface area contributed by atoms with E-state index < -0.39 is 0 Å². The largest absolute Gasteiger partial charge is 0.310 e. The summed E-state index contributed by atoms with van der Waals surface area (Å²) >= 11 is 0. The molecule has 60 heavy (non-hydrogen) atoms. The van der Waals surface area contributed by atoms with E-state index in [1.807, 2.05) is 19.9 Å². The summed E-state index contributed by atoms with van der Waals surface area (Å²) in [5.41, 5.74) is 14.4. The number of benzene rings is 8. The van der Waals surface area contributed by atoms with Crippen LogP contribution in [0, 0.1) is 6.92 Å². The summed E-state index contributed by atoms with van der Waals surface area (Å²) in [6, 6.07) is 71.0. The predicted octanol–water partition coefficient (Wildman–Crippen LogP) is 15.3. The minimum atomic E-state index is 0.847. The molecule has 0 unspecified atom stereocenters. The molecule has 2 heterocycles. The highest BCUT2D eigenvalue weighted by molar-refractivity contribution is 6.10. The summed E-state index contributed by atoms with van der Waals surface area (Å²) in [7, 11) is 0. The first-order valence-corrected chi connectivity index (χ1v) is 20.8. The van der Waals surface area contributed by atoms with Gasteiger partial charge < -0.3 is 9.47 Å². The Morgan fingerprint density at radius 1 is 0.483 bits per heavy atom. The van der Waals surface area contributed by atoms with Crippen LogP contribution >= 0.6 is 0 Å². The van der Waals surface area contributed by atoms with E-state index in [1.54, 1.807) is 0 Å². The molecule has 2 aromatic heterocycles. The third kappa shape index (κ3) is 7.03. The van der Waals surface area contributed by atoms with Crippen molar-refractivity contribution in [1.29, 1.82) is 0 Å². The fourth-order valence-electron chi connectivity index (χ4n) is 8.32. The number of anilines is 3. The summed E-state index contributed by atoms with van der Waals surface area (Å²) in [5, 5.41) is 4.84. The highest BCUT2D eigenvalue weighted by Gasteiger charge is 2.21. The topological polar surface area (TPSA) is 34.0 Å². The number of fused-ring (bicyclic) bond motifs is 4. The Labute approximate surface area is 352 Å². The van der Waals surface area contributed by atoms with Gasteiger partial charge in [-0.25, -0.2) is 9.97 Å². The number of hydrogen-bond acceptors (Lipinski definition) is 3. The molecule has 8 aromatic carbocycles. The normalized spacial score (nSPS) is 11.4. The zero-order chi connectivity index (χ0) is 41.0. The summed E-state index contributed by atoms with van der Waals surface area (Å²) in [5.74, 6) is 0. The van der Waals surface area contributed by atoms with E-state index in [0.29, 0.717) is 0 Å². The zero-order valence-electron chi connectivity index (χ0n) is 34.4. The van der Waals surface area contributed by atoms with Crippen molar-refractivity contribution >= 4 is 55.2 Å². The molecule has 0 radical (unpaired) electrons. The summed E-state index contributed by atoms with van der Waals surface area (Å²) in [4.78, 5) is 13.1. The van der Waals surface area contributed by atoms with E-state index in [2.05, 4.69) is 224 Å². The van der Waals surface area contributed by atoms with E-state index in [-0.39, 0.29) is 0 Å². The summed E-state index contributed by atoms with van der Waals surface area (Å²) < 4.78 is 2.36. The Balaban J connectivity index is 0.00000228. The van der Waals surface area contributed by atoms with Gasteiger partial charge in [0.15, 0.2) is 0 Å². The van der Waals surface area contributed by atoms with Gasteiger partial charge in [-0.3, -0.25) is 0 Å². The first-order chi connectivity index (χ1) is 29.6. The van der Waals surface area contributed by atoms with Crippen LogP contribution in [0.15, 0.2) is 206 Å². The SMILES string of the molecule is C/C=C(/c1ccc2ccccc2c1)c1nc(-c2ccc(N(c3ccccc3)c3ccc4c(c3)c3ccccc3n4-c3ccccc3)cc2)c(-c2ccccc2)nc1C.CC. The molecule has 0 amide bonds. The number of aromatic nitrogens is 3. The smallest absolute Gasteiger partial charge is 0.0973 e. The Morgan fingerprint density at radius 3 is 1.78 bits per heavy atom. The van der Waals surface area contributed by atoms with Crippen LogP contribution in [0.3, 0.4) is 0 Å². The fourth-order valence-corrected chi connectivity index (χ4v) is 8.32. The molecule has 0 bridgehead atoms. The van der Waals surface area contributed by atoms with Crippen LogP contribution < -0.4 is 4.90 Å². The number of rotatable bonds is 8. The maximum atomic E-state index is 5.48. The number of hydrogen-bond donors (Lipinski definition) is 0. The number of allylic oxidation sites excluding steroid dienone is 1. The van der Waals surface area contributed by atoms with Crippen molar-refractivity contribution in [2.24, 2.45) is 0 Å². The zero-order valence-corrected chi connectivity index (χ0v) is 34.4. The van der Waals surface area contributed by atoms with Gasteiger partial charge in [0.25, 0.3) is 0 Å². The molecule has 0 atom stereocenters. The summed E-state index contributed by atoms with van der Waals surface area (Å²) in [6.07, 6.45) is 2.15. The quantitative estimate of drug-likeness (QED) is 0.154. The molecule has 290 valence electrons. The third-order valence-corrected chi connectivity index (χ3v) is 11.1. The predicted molar refractivity (Wildman–Crippen MR) is 255 cm³/mol. The van der Waals surface area contributed by atoms with Crippen molar-refractivity contribution in [3.63, 3.8) is 0 Å². The molecule has 4 heteroatoms. The average Bonchev–Trinajstić information content (AvgIpc) is 3.65. The van der Waals surface area contributed by atoms with Crippen LogP contribution in [-0.4, -0.2) is 14.5 Å². The van der Waals surface area contributed by atoms with Crippen molar-refractivity contribution in [2.45, 2.75) is 27.7 Å². The van der Waals surface area contributed by atoms with E-state index in [0.717, 1.165) is 67.8 Å². The monoisotopic (exact) mass is 774 g/mol. The van der Waals surface area contributed by atoms with Crippen molar-refractivity contribution in [2.75, 3.05) is 4.90 Å². The maximum absolute atomic E-state index is 5.48. The van der Waals surface area contributed by atoms with Gasteiger partial charge in [-0.05, 0) is 96.9 Å². The standard InChI is InChI=1S/C54H40N4.C2H6/c1-3-47(42-28-27-38-17-13-14-20-41(38)35-42)52-37(2)55-53(39-18-7-4-8-19-39)54(56-52)40-29-31-45(32-30-40)57(43-21-9-5-10-22-43)46-33-34-51-49(36-46)48-25-15-16-26-50(48)58(51)44-23-11-6-12-24-44;1-2/h3-36H,1-2H3;1-2H3/b47-3-;. The molecule has 0 aliphatic heterocycles. The highest BCUT2D eigenvalue weighted by atomic mass is 15.1. The second-order valence-corrected chi connectivity index (χ2v) is 14.6. The van der Waals surface area contributed by atoms with Gasteiger partial charge in [0.2, 0.25) is 0 Å². The van der Waals surface area contributed by atoms with Crippen molar-refractivity contribution in [1.82, 2.24) is 14.5 Å². The molecule has 10 aromatic rings. The first kappa shape index (κ1) is 38.0.